The number of nitrogens with one attached hydrogen (secondary N) is 3. The normalized spacial score (nSPS) is 9.96. The molecule has 2 aromatic carbocycles. The van der Waals surface area contributed by atoms with Crippen LogP contribution in [0.2, 0.25) is 0 Å². The van der Waals surface area contributed by atoms with Crippen molar-refractivity contribution in [3.63, 3.8) is 0 Å². The van der Waals surface area contributed by atoms with Crippen LogP contribution < -0.4 is 16.0 Å². The highest BCUT2D eigenvalue weighted by atomic mass is 16.6. The molecular formula is C17H18N4O4. The summed E-state index contributed by atoms with van der Waals surface area (Å²) in [6, 6.07) is 12.6. The zero-order chi connectivity index (χ0) is 18.2. The van der Waals surface area contributed by atoms with Crippen molar-refractivity contribution < 1.29 is 14.5 Å². The molecule has 0 unspecified atom stereocenters. The molecule has 2 aromatic rings. The summed E-state index contributed by atoms with van der Waals surface area (Å²) in [6.07, 6.45) is 0. The largest absolute Gasteiger partial charge is 0.383 e. The van der Waals surface area contributed by atoms with Gasteiger partial charge in [-0.15, -0.1) is 0 Å². The monoisotopic (exact) mass is 342 g/mol. The van der Waals surface area contributed by atoms with Gasteiger partial charge in [-0.3, -0.25) is 19.7 Å². The molecule has 0 heterocycles. The molecule has 0 saturated heterocycles. The van der Waals surface area contributed by atoms with E-state index in [1.807, 2.05) is 0 Å². The topological polar surface area (TPSA) is 113 Å². The summed E-state index contributed by atoms with van der Waals surface area (Å²) in [6.45, 7) is 2.29. The van der Waals surface area contributed by atoms with Crippen LogP contribution in [0.25, 0.3) is 0 Å². The first-order chi connectivity index (χ1) is 12.0. The summed E-state index contributed by atoms with van der Waals surface area (Å²) in [4.78, 5) is 33.1. The lowest BCUT2D eigenvalue weighted by atomic mass is 10.2. The van der Waals surface area contributed by atoms with Gasteiger partial charge < -0.3 is 16.0 Å². The second-order valence-electron chi connectivity index (χ2n) is 5.25. The molecule has 8 heteroatoms. The van der Waals surface area contributed by atoms with Crippen LogP contribution in [-0.2, 0) is 4.79 Å². The predicted octanol–water partition coefficient (Wildman–Crippen LogP) is 2.40. The number of hydrogen-bond donors (Lipinski definition) is 3. The molecule has 0 spiro atoms. The molecule has 0 saturated carbocycles. The van der Waals surface area contributed by atoms with Crippen molar-refractivity contribution in [2.45, 2.75) is 6.92 Å². The Morgan fingerprint density at radius 1 is 0.960 bits per heavy atom. The standard InChI is InChI=1S/C17H18N4O4/c1-12(22)20-15-4-2-13(3-5-15)17(23)19-11-10-18-14-6-8-16(9-7-14)21(24)25/h2-9,18H,10-11H2,1H3,(H,19,23)(H,20,22). The lowest BCUT2D eigenvalue weighted by molar-refractivity contribution is -0.384. The van der Waals surface area contributed by atoms with Crippen molar-refractivity contribution in [1.29, 1.82) is 0 Å². The summed E-state index contributed by atoms with van der Waals surface area (Å²) in [5.41, 5.74) is 1.88. The van der Waals surface area contributed by atoms with E-state index in [9.17, 15) is 19.7 Å². The smallest absolute Gasteiger partial charge is 0.269 e. The van der Waals surface area contributed by atoms with Crippen LogP contribution in [0.1, 0.15) is 17.3 Å². The van der Waals surface area contributed by atoms with Gasteiger partial charge in [-0.2, -0.15) is 0 Å². The summed E-state index contributed by atoms with van der Waals surface area (Å²) >= 11 is 0. The number of benzene rings is 2. The van der Waals surface area contributed by atoms with Crippen molar-refractivity contribution in [2.75, 3.05) is 23.7 Å². The molecule has 0 radical (unpaired) electrons. The lowest BCUT2D eigenvalue weighted by Gasteiger charge is -2.08. The third-order valence-corrected chi connectivity index (χ3v) is 3.29. The van der Waals surface area contributed by atoms with Crippen molar-refractivity contribution >= 4 is 28.9 Å². The minimum absolute atomic E-state index is 0.0292. The lowest BCUT2D eigenvalue weighted by Crippen LogP contribution is -2.28. The van der Waals surface area contributed by atoms with Crippen molar-refractivity contribution in [3.05, 3.63) is 64.2 Å². The van der Waals surface area contributed by atoms with Crippen LogP contribution in [-0.4, -0.2) is 29.8 Å². The Morgan fingerprint density at radius 2 is 1.56 bits per heavy atom. The minimum atomic E-state index is -0.457. The van der Waals surface area contributed by atoms with E-state index < -0.39 is 4.92 Å². The molecular weight excluding hydrogens is 324 g/mol. The molecule has 0 aliphatic rings. The summed E-state index contributed by atoms with van der Waals surface area (Å²) < 4.78 is 0. The average molecular weight is 342 g/mol. The second-order valence-corrected chi connectivity index (χ2v) is 5.25. The first-order valence-corrected chi connectivity index (χ1v) is 7.60. The molecule has 0 aromatic heterocycles. The Morgan fingerprint density at radius 3 is 2.12 bits per heavy atom. The highest BCUT2D eigenvalue weighted by molar-refractivity contribution is 5.95. The van der Waals surface area contributed by atoms with Crippen molar-refractivity contribution in [1.82, 2.24) is 5.32 Å². The molecule has 0 atom stereocenters. The SMILES string of the molecule is CC(=O)Nc1ccc(C(=O)NCCNc2ccc([N+](=O)[O-])cc2)cc1. The Kier molecular flexibility index (Phi) is 6.05. The highest BCUT2D eigenvalue weighted by Crippen LogP contribution is 2.15. The maximum absolute atomic E-state index is 12.0. The number of anilines is 2. The average Bonchev–Trinajstić information content (AvgIpc) is 2.59. The Hall–Kier alpha value is -3.42. The molecule has 0 aliphatic carbocycles. The fourth-order valence-corrected chi connectivity index (χ4v) is 2.09. The number of amides is 2. The van der Waals surface area contributed by atoms with Gasteiger partial charge in [-0.05, 0) is 36.4 Å². The summed E-state index contributed by atoms with van der Waals surface area (Å²) in [5.74, 6) is -0.394. The molecule has 2 amide bonds. The number of nitro groups is 1. The van der Waals surface area contributed by atoms with Gasteiger partial charge in [0, 0.05) is 49.1 Å². The van der Waals surface area contributed by atoms with E-state index in [4.69, 9.17) is 0 Å². The van der Waals surface area contributed by atoms with Gasteiger partial charge in [0.05, 0.1) is 4.92 Å². The molecule has 0 bridgehead atoms. The van der Waals surface area contributed by atoms with Gasteiger partial charge in [-0.25, -0.2) is 0 Å². The molecule has 3 N–H and O–H groups in total. The maximum Gasteiger partial charge on any atom is 0.269 e. The Labute approximate surface area is 144 Å². The van der Waals surface area contributed by atoms with Crippen LogP contribution in [0, 0.1) is 10.1 Å². The first kappa shape index (κ1) is 17.9. The van der Waals surface area contributed by atoms with E-state index in [1.54, 1.807) is 36.4 Å². The number of nitro benzene ring substituents is 1. The van der Waals surface area contributed by atoms with Gasteiger partial charge in [0.15, 0.2) is 0 Å². The number of nitrogens with zero attached hydrogens (tertiary/aromatic N) is 1. The highest BCUT2D eigenvalue weighted by Gasteiger charge is 2.06. The number of non-ortho nitro benzene ring substituents is 1. The van der Waals surface area contributed by atoms with Crippen LogP contribution in [0.3, 0.4) is 0 Å². The molecule has 130 valence electrons. The van der Waals surface area contributed by atoms with Gasteiger partial charge in [0.1, 0.15) is 0 Å². The third kappa shape index (κ3) is 5.61. The quantitative estimate of drug-likeness (QED) is 0.406. The Bertz CT molecular complexity index is 757. The number of hydrogen-bond acceptors (Lipinski definition) is 5. The van der Waals surface area contributed by atoms with E-state index in [2.05, 4.69) is 16.0 Å². The molecule has 2 rings (SSSR count). The predicted molar refractivity (Wildman–Crippen MR) is 94.7 cm³/mol. The molecule has 25 heavy (non-hydrogen) atoms. The molecule has 0 aliphatic heterocycles. The minimum Gasteiger partial charge on any atom is -0.383 e. The molecule has 0 fully saturated rings. The van der Waals surface area contributed by atoms with E-state index in [1.165, 1.54) is 19.1 Å². The van der Waals surface area contributed by atoms with E-state index in [0.717, 1.165) is 5.69 Å². The maximum atomic E-state index is 12.0. The Balaban J connectivity index is 1.76. The van der Waals surface area contributed by atoms with Crippen LogP contribution in [0.15, 0.2) is 48.5 Å². The van der Waals surface area contributed by atoms with Gasteiger partial charge in [-0.1, -0.05) is 0 Å². The van der Waals surface area contributed by atoms with Crippen molar-refractivity contribution in [2.24, 2.45) is 0 Å². The van der Waals surface area contributed by atoms with Gasteiger partial charge in [0.25, 0.3) is 11.6 Å². The number of carbonyl (C=O) groups is 2. The number of carbonyl (C=O) groups excluding carboxylic acids is 2. The second kappa shape index (κ2) is 8.44. The van der Waals surface area contributed by atoms with Crippen LogP contribution in [0.5, 0.6) is 0 Å². The van der Waals surface area contributed by atoms with E-state index in [0.29, 0.717) is 24.3 Å². The van der Waals surface area contributed by atoms with Gasteiger partial charge in [0.2, 0.25) is 5.91 Å². The zero-order valence-corrected chi connectivity index (χ0v) is 13.6. The first-order valence-electron chi connectivity index (χ1n) is 7.60. The van der Waals surface area contributed by atoms with Gasteiger partial charge >= 0.3 is 0 Å². The van der Waals surface area contributed by atoms with Crippen LogP contribution in [0.4, 0.5) is 17.1 Å². The van der Waals surface area contributed by atoms with E-state index >= 15 is 0 Å². The van der Waals surface area contributed by atoms with Crippen LogP contribution >= 0.6 is 0 Å². The summed E-state index contributed by atoms with van der Waals surface area (Å²) in [7, 11) is 0. The fourth-order valence-electron chi connectivity index (χ4n) is 2.09. The van der Waals surface area contributed by atoms with E-state index in [-0.39, 0.29) is 17.5 Å². The zero-order valence-electron chi connectivity index (χ0n) is 13.6. The fraction of sp³-hybridized carbons (Fsp3) is 0.176. The molecule has 8 nitrogen and oxygen atoms in total. The van der Waals surface area contributed by atoms with Crippen molar-refractivity contribution in [3.8, 4) is 0 Å². The summed E-state index contributed by atoms with van der Waals surface area (Å²) in [5, 5.41) is 19.0. The number of rotatable bonds is 7. The third-order valence-electron chi connectivity index (χ3n) is 3.29.